The van der Waals surface area contributed by atoms with Crippen LogP contribution >= 0.6 is 11.6 Å². The molecule has 0 spiro atoms. The number of aromatic nitrogens is 2. The number of piperidine rings is 1. The minimum Gasteiger partial charge on any atom is -0.481 e. The molecule has 1 aliphatic heterocycles. The fourth-order valence-corrected chi connectivity index (χ4v) is 5.44. The van der Waals surface area contributed by atoms with Gasteiger partial charge in [-0.25, -0.2) is 0 Å². The van der Waals surface area contributed by atoms with E-state index in [0.29, 0.717) is 42.1 Å². The van der Waals surface area contributed by atoms with Crippen molar-refractivity contribution in [3.63, 3.8) is 0 Å². The molecule has 1 saturated heterocycles. The molecule has 1 N–H and O–H groups in total. The molecule has 2 aromatic carbocycles. The standard InChI is InChI=1S/C30H38ClN3O4/c1-21(2)18-24-10-11-25(19-26(24)31)28-32-27(33-38-28)23-8-6-22(7-9-23)20-34-15-13-30(14-16-34,29(35)36)12-4-5-17-37-3/h6-11,19,21H,4-5,12-18,20H2,1-3H3,(H,35,36). The first-order valence-corrected chi connectivity index (χ1v) is 13.8. The molecule has 38 heavy (non-hydrogen) atoms. The number of hydrogen-bond donors (Lipinski definition) is 1. The molecule has 0 aliphatic carbocycles. The summed E-state index contributed by atoms with van der Waals surface area (Å²) in [4.78, 5) is 19.0. The highest BCUT2D eigenvalue weighted by Gasteiger charge is 2.40. The molecule has 0 saturated carbocycles. The first kappa shape index (κ1) is 28.3. The van der Waals surface area contributed by atoms with Crippen molar-refractivity contribution in [2.45, 2.75) is 58.9 Å². The van der Waals surface area contributed by atoms with Gasteiger partial charge in [0.05, 0.1) is 5.41 Å². The Morgan fingerprint density at radius 1 is 1.13 bits per heavy atom. The summed E-state index contributed by atoms with van der Waals surface area (Å²) in [5.41, 5.74) is 3.37. The van der Waals surface area contributed by atoms with Gasteiger partial charge in [-0.05, 0) is 74.4 Å². The summed E-state index contributed by atoms with van der Waals surface area (Å²) in [5, 5.41) is 14.8. The van der Waals surface area contributed by atoms with E-state index in [4.69, 9.17) is 20.9 Å². The van der Waals surface area contributed by atoms with Crippen LogP contribution in [0.1, 0.15) is 57.1 Å². The Morgan fingerprint density at radius 3 is 2.47 bits per heavy atom. The largest absolute Gasteiger partial charge is 0.481 e. The normalized spacial score (nSPS) is 15.7. The number of likely N-dealkylation sites (tertiary alicyclic amines) is 1. The van der Waals surface area contributed by atoms with E-state index in [0.717, 1.165) is 62.0 Å². The third-order valence-electron chi connectivity index (χ3n) is 7.49. The number of nitrogens with zero attached hydrogens (tertiary/aromatic N) is 3. The van der Waals surface area contributed by atoms with E-state index in [2.05, 4.69) is 41.0 Å². The molecular formula is C30H38ClN3O4. The molecule has 1 aromatic heterocycles. The second kappa shape index (κ2) is 12.9. The summed E-state index contributed by atoms with van der Waals surface area (Å²) in [6.45, 7) is 7.38. The van der Waals surface area contributed by atoms with Crippen molar-refractivity contribution in [1.29, 1.82) is 0 Å². The van der Waals surface area contributed by atoms with E-state index in [1.54, 1.807) is 7.11 Å². The number of unbranched alkanes of at least 4 members (excludes halogenated alkanes) is 1. The topological polar surface area (TPSA) is 88.7 Å². The maximum absolute atomic E-state index is 12.1. The number of ether oxygens (including phenoxy) is 1. The smallest absolute Gasteiger partial charge is 0.309 e. The molecule has 204 valence electrons. The number of rotatable bonds is 12. The number of carbonyl (C=O) groups is 1. The van der Waals surface area contributed by atoms with Gasteiger partial charge in [0.1, 0.15) is 0 Å². The lowest BCUT2D eigenvalue weighted by molar-refractivity contribution is -0.152. The van der Waals surface area contributed by atoms with Gasteiger partial charge >= 0.3 is 5.97 Å². The fraction of sp³-hybridized carbons (Fsp3) is 0.500. The molecule has 1 fully saturated rings. The monoisotopic (exact) mass is 539 g/mol. The van der Waals surface area contributed by atoms with Crippen LogP contribution in [0.3, 0.4) is 0 Å². The van der Waals surface area contributed by atoms with E-state index < -0.39 is 11.4 Å². The molecule has 2 heterocycles. The van der Waals surface area contributed by atoms with Crippen molar-refractivity contribution in [3.05, 3.63) is 58.6 Å². The highest BCUT2D eigenvalue weighted by Crippen LogP contribution is 2.37. The molecule has 4 rings (SSSR count). The number of hydrogen-bond acceptors (Lipinski definition) is 6. The van der Waals surface area contributed by atoms with E-state index in [1.165, 1.54) is 5.56 Å². The first-order valence-electron chi connectivity index (χ1n) is 13.5. The van der Waals surface area contributed by atoms with E-state index in [9.17, 15) is 9.90 Å². The van der Waals surface area contributed by atoms with Crippen molar-refractivity contribution in [1.82, 2.24) is 15.0 Å². The van der Waals surface area contributed by atoms with Crippen LogP contribution in [0.25, 0.3) is 22.8 Å². The van der Waals surface area contributed by atoms with E-state index in [-0.39, 0.29) is 0 Å². The zero-order valence-corrected chi connectivity index (χ0v) is 23.3. The van der Waals surface area contributed by atoms with Crippen LogP contribution in [0.5, 0.6) is 0 Å². The van der Waals surface area contributed by atoms with Gasteiger partial charge in [0.2, 0.25) is 5.82 Å². The lowest BCUT2D eigenvalue weighted by atomic mass is 9.74. The lowest BCUT2D eigenvalue weighted by Gasteiger charge is -2.39. The van der Waals surface area contributed by atoms with Crippen LogP contribution in [0.2, 0.25) is 5.02 Å². The summed E-state index contributed by atoms with van der Waals surface area (Å²) in [5.74, 6) is 0.846. The number of halogens is 1. The highest BCUT2D eigenvalue weighted by atomic mass is 35.5. The fourth-order valence-electron chi connectivity index (χ4n) is 5.18. The number of methoxy groups -OCH3 is 1. The molecule has 0 radical (unpaired) electrons. The Bertz CT molecular complexity index is 1200. The molecular weight excluding hydrogens is 502 g/mol. The predicted octanol–water partition coefficient (Wildman–Crippen LogP) is 6.74. The van der Waals surface area contributed by atoms with Gasteiger partial charge in [0, 0.05) is 36.4 Å². The van der Waals surface area contributed by atoms with Gasteiger partial charge in [-0.15, -0.1) is 0 Å². The van der Waals surface area contributed by atoms with Gasteiger partial charge in [0.15, 0.2) is 0 Å². The third kappa shape index (κ3) is 7.01. The minimum absolute atomic E-state index is 0.444. The molecule has 8 heteroatoms. The van der Waals surface area contributed by atoms with Crippen molar-refractivity contribution >= 4 is 17.6 Å². The number of aliphatic carboxylic acids is 1. The van der Waals surface area contributed by atoms with Crippen LogP contribution in [-0.4, -0.2) is 52.9 Å². The molecule has 0 atom stereocenters. The molecule has 7 nitrogen and oxygen atoms in total. The van der Waals surface area contributed by atoms with Crippen LogP contribution in [0, 0.1) is 11.3 Å². The van der Waals surface area contributed by atoms with E-state index >= 15 is 0 Å². The van der Waals surface area contributed by atoms with Crippen LogP contribution in [-0.2, 0) is 22.5 Å². The number of carboxylic acid groups (broad SMARTS) is 1. The van der Waals surface area contributed by atoms with Crippen molar-refractivity contribution in [3.8, 4) is 22.8 Å². The molecule has 0 bridgehead atoms. The number of carboxylic acids is 1. The third-order valence-corrected chi connectivity index (χ3v) is 7.85. The van der Waals surface area contributed by atoms with Gasteiger partial charge < -0.3 is 14.4 Å². The zero-order valence-electron chi connectivity index (χ0n) is 22.6. The van der Waals surface area contributed by atoms with Crippen LogP contribution in [0.15, 0.2) is 47.0 Å². The van der Waals surface area contributed by atoms with E-state index in [1.807, 2.05) is 30.3 Å². The summed E-state index contributed by atoms with van der Waals surface area (Å²) >= 11 is 6.48. The second-order valence-electron chi connectivity index (χ2n) is 10.8. The van der Waals surface area contributed by atoms with Crippen LogP contribution in [0.4, 0.5) is 0 Å². The summed E-state index contributed by atoms with van der Waals surface area (Å²) in [6.07, 6.45) is 4.79. The van der Waals surface area contributed by atoms with Gasteiger partial charge in [-0.3, -0.25) is 9.69 Å². The second-order valence-corrected chi connectivity index (χ2v) is 11.2. The number of benzene rings is 2. The lowest BCUT2D eigenvalue weighted by Crippen LogP contribution is -2.44. The average Bonchev–Trinajstić information content (AvgIpc) is 3.39. The predicted molar refractivity (Wildman–Crippen MR) is 149 cm³/mol. The Hall–Kier alpha value is -2.74. The summed E-state index contributed by atoms with van der Waals surface area (Å²) in [7, 11) is 1.68. The SMILES string of the molecule is COCCCCC1(C(=O)O)CCN(Cc2ccc(-c3noc(-c4ccc(CC(C)C)c(Cl)c4)n3)cc2)CC1. The van der Waals surface area contributed by atoms with Gasteiger partial charge in [0.25, 0.3) is 5.89 Å². The Balaban J connectivity index is 1.34. The maximum Gasteiger partial charge on any atom is 0.309 e. The Labute approximate surface area is 230 Å². The zero-order chi connectivity index (χ0) is 27.1. The molecule has 1 aliphatic rings. The van der Waals surface area contributed by atoms with Crippen molar-refractivity contribution in [2.75, 3.05) is 26.8 Å². The summed E-state index contributed by atoms with van der Waals surface area (Å²) < 4.78 is 10.6. The Morgan fingerprint density at radius 2 is 1.84 bits per heavy atom. The van der Waals surface area contributed by atoms with Crippen LogP contribution < -0.4 is 0 Å². The minimum atomic E-state index is -0.660. The quantitative estimate of drug-likeness (QED) is 0.255. The average molecular weight is 540 g/mol. The van der Waals surface area contributed by atoms with Gasteiger partial charge in [-0.2, -0.15) is 4.98 Å². The Kier molecular flexibility index (Phi) is 9.58. The van der Waals surface area contributed by atoms with Crippen molar-refractivity contribution < 1.29 is 19.2 Å². The summed E-state index contributed by atoms with van der Waals surface area (Å²) in [6, 6.07) is 14.0. The van der Waals surface area contributed by atoms with Gasteiger partial charge in [-0.1, -0.05) is 67.4 Å². The first-order chi connectivity index (χ1) is 18.3. The molecule has 0 amide bonds. The molecule has 3 aromatic rings. The van der Waals surface area contributed by atoms with Crippen molar-refractivity contribution in [2.24, 2.45) is 11.3 Å². The highest BCUT2D eigenvalue weighted by molar-refractivity contribution is 6.31. The maximum atomic E-state index is 12.1. The molecule has 0 unspecified atom stereocenters.